The summed E-state index contributed by atoms with van der Waals surface area (Å²) in [4.78, 5) is 6.48. The number of hydrogen-bond donors (Lipinski definition) is 1. The lowest BCUT2D eigenvalue weighted by Crippen LogP contribution is -2.38. The van der Waals surface area contributed by atoms with E-state index in [-0.39, 0.29) is 24.0 Å². The number of nitrogens with zero attached hydrogens (tertiary/aromatic N) is 3. The zero-order valence-electron chi connectivity index (χ0n) is 13.7. The molecule has 120 valence electrons. The van der Waals surface area contributed by atoms with Gasteiger partial charge in [0.15, 0.2) is 5.96 Å². The van der Waals surface area contributed by atoms with Crippen LogP contribution in [0.1, 0.15) is 16.8 Å². The third-order valence-corrected chi connectivity index (χ3v) is 3.60. The fourth-order valence-electron chi connectivity index (χ4n) is 2.25. The van der Waals surface area contributed by atoms with Crippen molar-refractivity contribution >= 4 is 29.9 Å². The number of nitrogens with one attached hydrogen (secondary N) is 1. The van der Waals surface area contributed by atoms with Gasteiger partial charge in [-0.15, -0.1) is 24.0 Å². The van der Waals surface area contributed by atoms with Crippen LogP contribution in [-0.4, -0.2) is 29.5 Å². The van der Waals surface area contributed by atoms with Crippen LogP contribution in [0.15, 0.2) is 47.6 Å². The van der Waals surface area contributed by atoms with Gasteiger partial charge in [-0.05, 0) is 24.6 Å². The normalized spacial score (nSPS) is 11.0. The summed E-state index contributed by atoms with van der Waals surface area (Å²) in [6.45, 7) is 3.71. The molecule has 0 aliphatic carbocycles. The van der Waals surface area contributed by atoms with E-state index in [1.165, 1.54) is 16.8 Å². The van der Waals surface area contributed by atoms with Crippen molar-refractivity contribution in [1.82, 2.24) is 14.8 Å². The van der Waals surface area contributed by atoms with E-state index in [4.69, 9.17) is 0 Å². The lowest BCUT2D eigenvalue weighted by Gasteiger charge is -2.22. The summed E-state index contributed by atoms with van der Waals surface area (Å²) in [6, 6.07) is 12.7. The lowest BCUT2D eigenvalue weighted by atomic mass is 10.1. The molecule has 0 bridgehead atoms. The number of aromatic nitrogens is 1. The van der Waals surface area contributed by atoms with Crippen LogP contribution in [0, 0.1) is 6.92 Å². The van der Waals surface area contributed by atoms with E-state index in [1.54, 1.807) is 0 Å². The van der Waals surface area contributed by atoms with Gasteiger partial charge in [0.1, 0.15) is 0 Å². The minimum absolute atomic E-state index is 0. The number of aryl methyl sites for hydroxylation is 2. The van der Waals surface area contributed by atoms with Gasteiger partial charge in [-0.25, -0.2) is 0 Å². The number of benzene rings is 1. The van der Waals surface area contributed by atoms with Crippen molar-refractivity contribution in [3.8, 4) is 0 Å². The van der Waals surface area contributed by atoms with Gasteiger partial charge in [-0.3, -0.25) is 4.99 Å². The Hall–Kier alpha value is -1.50. The number of halogens is 1. The zero-order chi connectivity index (χ0) is 15.2. The quantitative estimate of drug-likeness (QED) is 0.476. The molecule has 4 nitrogen and oxygen atoms in total. The van der Waals surface area contributed by atoms with E-state index in [0.29, 0.717) is 0 Å². The number of hydrogen-bond acceptors (Lipinski definition) is 1. The molecule has 5 heteroatoms. The molecule has 0 aliphatic heterocycles. The van der Waals surface area contributed by atoms with Gasteiger partial charge < -0.3 is 14.8 Å². The molecule has 0 fully saturated rings. The Balaban J connectivity index is 0.00000242. The Morgan fingerprint density at radius 2 is 1.91 bits per heavy atom. The third kappa shape index (κ3) is 5.05. The standard InChI is InChI=1S/C17H24N4.HI/c1-14-7-9-15(10-8-14)12-19-17(18-2)21(4)13-16-6-5-11-20(16)3;/h5-11H,12-13H2,1-4H3,(H,18,19);1H. The van der Waals surface area contributed by atoms with Crippen molar-refractivity contribution in [2.24, 2.45) is 12.0 Å². The fraction of sp³-hybridized carbons (Fsp3) is 0.353. The number of guanidine groups is 1. The van der Waals surface area contributed by atoms with Crippen molar-refractivity contribution in [1.29, 1.82) is 0 Å². The van der Waals surface area contributed by atoms with Crippen LogP contribution in [0.2, 0.25) is 0 Å². The Labute approximate surface area is 150 Å². The maximum Gasteiger partial charge on any atom is 0.194 e. The van der Waals surface area contributed by atoms with Gasteiger partial charge in [0, 0.05) is 39.6 Å². The lowest BCUT2D eigenvalue weighted by molar-refractivity contribution is 0.461. The van der Waals surface area contributed by atoms with Gasteiger partial charge in [0.2, 0.25) is 0 Å². The highest BCUT2D eigenvalue weighted by Gasteiger charge is 2.08. The first-order valence-corrected chi connectivity index (χ1v) is 7.17. The van der Waals surface area contributed by atoms with Gasteiger partial charge in [-0.1, -0.05) is 29.8 Å². The van der Waals surface area contributed by atoms with E-state index in [1.807, 2.05) is 7.05 Å². The van der Waals surface area contributed by atoms with E-state index in [2.05, 4.69) is 83.4 Å². The highest BCUT2D eigenvalue weighted by atomic mass is 127. The molecular weight excluding hydrogens is 387 g/mol. The first-order chi connectivity index (χ1) is 10.1. The summed E-state index contributed by atoms with van der Waals surface area (Å²) in [5.41, 5.74) is 3.80. The van der Waals surface area contributed by atoms with E-state index in [9.17, 15) is 0 Å². The maximum absolute atomic E-state index is 4.35. The molecule has 0 spiro atoms. The van der Waals surface area contributed by atoms with Crippen LogP contribution in [0.5, 0.6) is 0 Å². The molecular formula is C17H25IN4. The van der Waals surface area contributed by atoms with Crippen LogP contribution >= 0.6 is 24.0 Å². The third-order valence-electron chi connectivity index (χ3n) is 3.60. The highest BCUT2D eigenvalue weighted by molar-refractivity contribution is 14.0. The van der Waals surface area contributed by atoms with Crippen LogP contribution < -0.4 is 5.32 Å². The molecule has 0 aliphatic rings. The topological polar surface area (TPSA) is 32.6 Å². The molecule has 2 aromatic rings. The summed E-state index contributed by atoms with van der Waals surface area (Å²) >= 11 is 0. The van der Waals surface area contributed by atoms with E-state index in [0.717, 1.165) is 19.0 Å². The fourth-order valence-corrected chi connectivity index (χ4v) is 2.25. The van der Waals surface area contributed by atoms with Crippen molar-refractivity contribution < 1.29 is 0 Å². The van der Waals surface area contributed by atoms with Gasteiger partial charge in [0.25, 0.3) is 0 Å². The first kappa shape index (κ1) is 18.5. The van der Waals surface area contributed by atoms with Crippen LogP contribution in [0.25, 0.3) is 0 Å². The Bertz CT molecular complexity index is 601. The molecule has 0 saturated heterocycles. The Morgan fingerprint density at radius 1 is 1.23 bits per heavy atom. The van der Waals surface area contributed by atoms with Gasteiger partial charge in [0.05, 0.1) is 6.54 Å². The van der Waals surface area contributed by atoms with Gasteiger partial charge in [-0.2, -0.15) is 0 Å². The summed E-state index contributed by atoms with van der Waals surface area (Å²) in [5, 5.41) is 3.40. The predicted molar refractivity (Wildman–Crippen MR) is 104 cm³/mol. The molecule has 2 rings (SSSR count). The average Bonchev–Trinajstić information content (AvgIpc) is 2.87. The summed E-state index contributed by atoms with van der Waals surface area (Å²) in [7, 11) is 5.93. The summed E-state index contributed by atoms with van der Waals surface area (Å²) in [6.07, 6.45) is 2.06. The van der Waals surface area contributed by atoms with Crippen LogP contribution in [-0.2, 0) is 20.1 Å². The minimum Gasteiger partial charge on any atom is -0.353 e. The number of rotatable bonds is 4. The first-order valence-electron chi connectivity index (χ1n) is 7.17. The maximum atomic E-state index is 4.35. The second-order valence-electron chi connectivity index (χ2n) is 5.35. The Kier molecular flexibility index (Phi) is 7.44. The molecule has 1 heterocycles. The molecule has 0 atom stereocenters. The second-order valence-corrected chi connectivity index (χ2v) is 5.35. The predicted octanol–water partition coefficient (Wildman–Crippen LogP) is 3.16. The van der Waals surface area contributed by atoms with Crippen molar-refractivity contribution in [2.75, 3.05) is 14.1 Å². The van der Waals surface area contributed by atoms with Gasteiger partial charge >= 0.3 is 0 Å². The summed E-state index contributed by atoms with van der Waals surface area (Å²) in [5.74, 6) is 0.900. The van der Waals surface area contributed by atoms with Crippen molar-refractivity contribution in [2.45, 2.75) is 20.0 Å². The summed E-state index contributed by atoms with van der Waals surface area (Å²) < 4.78 is 2.13. The molecule has 1 N–H and O–H groups in total. The SMILES string of the molecule is CN=C(NCc1ccc(C)cc1)N(C)Cc1cccn1C.I. The molecule has 0 saturated carbocycles. The largest absolute Gasteiger partial charge is 0.353 e. The smallest absolute Gasteiger partial charge is 0.194 e. The van der Waals surface area contributed by atoms with Crippen LogP contribution in [0.4, 0.5) is 0 Å². The molecule has 1 aromatic heterocycles. The Morgan fingerprint density at radius 3 is 2.45 bits per heavy atom. The molecule has 1 aromatic carbocycles. The minimum atomic E-state index is 0. The molecule has 0 radical (unpaired) electrons. The monoisotopic (exact) mass is 412 g/mol. The van der Waals surface area contributed by atoms with E-state index < -0.39 is 0 Å². The van der Waals surface area contributed by atoms with Crippen molar-refractivity contribution in [3.05, 3.63) is 59.4 Å². The molecule has 0 amide bonds. The van der Waals surface area contributed by atoms with Crippen molar-refractivity contribution in [3.63, 3.8) is 0 Å². The highest BCUT2D eigenvalue weighted by Crippen LogP contribution is 2.05. The average molecular weight is 412 g/mol. The number of aliphatic imine (C=N–C) groups is 1. The molecule has 0 unspecified atom stereocenters. The second kappa shape index (κ2) is 8.82. The zero-order valence-corrected chi connectivity index (χ0v) is 16.0. The van der Waals surface area contributed by atoms with E-state index >= 15 is 0 Å². The van der Waals surface area contributed by atoms with Crippen LogP contribution in [0.3, 0.4) is 0 Å². The molecule has 22 heavy (non-hydrogen) atoms.